The Hall–Kier alpha value is -2.48. The van der Waals surface area contributed by atoms with Gasteiger partial charge in [0.1, 0.15) is 0 Å². The lowest BCUT2D eigenvalue weighted by molar-refractivity contribution is 0.0876. The van der Waals surface area contributed by atoms with Crippen LogP contribution >= 0.6 is 0 Å². The van der Waals surface area contributed by atoms with Crippen LogP contribution in [0.4, 0.5) is 0 Å². The first-order valence-corrected chi connectivity index (χ1v) is 14.4. The molecule has 2 fully saturated rings. The van der Waals surface area contributed by atoms with E-state index in [0.29, 0.717) is 17.9 Å². The van der Waals surface area contributed by atoms with Gasteiger partial charge in [-0.05, 0) is 79.8 Å². The van der Waals surface area contributed by atoms with Crippen molar-refractivity contribution in [3.63, 3.8) is 0 Å². The summed E-state index contributed by atoms with van der Waals surface area (Å²) in [5.41, 5.74) is 5.79. The molecule has 1 aliphatic heterocycles. The first kappa shape index (κ1) is 23.0. The molecule has 1 unspecified atom stereocenters. The van der Waals surface area contributed by atoms with Crippen molar-refractivity contribution < 1.29 is 8.42 Å². The molecule has 1 saturated heterocycles. The van der Waals surface area contributed by atoms with Gasteiger partial charge in [-0.1, -0.05) is 48.5 Å². The molecule has 1 saturated carbocycles. The van der Waals surface area contributed by atoms with Gasteiger partial charge in [-0.2, -0.15) is 0 Å². The number of aryl methyl sites for hydroxylation is 2. The Kier molecular flexibility index (Phi) is 6.03. The lowest BCUT2D eigenvalue weighted by Gasteiger charge is -2.46. The maximum Gasteiger partial charge on any atom is 0.259 e. The van der Waals surface area contributed by atoms with Crippen molar-refractivity contribution in [1.82, 2.24) is 19.2 Å². The summed E-state index contributed by atoms with van der Waals surface area (Å²) in [6, 6.07) is 18.6. The fourth-order valence-corrected chi connectivity index (χ4v) is 7.41. The zero-order valence-electron chi connectivity index (χ0n) is 20.3. The lowest BCUT2D eigenvalue weighted by Crippen LogP contribution is -2.50. The van der Waals surface area contributed by atoms with Crippen molar-refractivity contribution in [2.75, 3.05) is 13.1 Å². The molecule has 7 heteroatoms. The number of likely N-dealkylation sites (tertiary alicyclic amines) is 1. The fourth-order valence-electron chi connectivity index (χ4n) is 6.17. The molecule has 2 aliphatic carbocycles. The van der Waals surface area contributed by atoms with Crippen LogP contribution < -0.4 is 4.72 Å². The zero-order valence-corrected chi connectivity index (χ0v) is 21.1. The van der Waals surface area contributed by atoms with Crippen LogP contribution in [0.2, 0.25) is 0 Å². The van der Waals surface area contributed by atoms with E-state index < -0.39 is 10.0 Å². The molecule has 2 heterocycles. The number of hydrogen-bond acceptors (Lipinski definition) is 4. The standard InChI is InChI=1S/C28H34N4O2S/c1-31-18-28(29-19-31)35(33,34)30-24-15-23(16-24)22-9-8-21-10-11-27(32-12-5-13-32)26(25(21)17-22)14-20-6-3-2-4-7-20/h2-4,6-9,17-19,23-24,26-27,30H,5,10-16H2,1H3/t23?,24?,26-,27?/m1/s1. The van der Waals surface area contributed by atoms with E-state index in [0.717, 1.165) is 25.7 Å². The van der Waals surface area contributed by atoms with Crippen LogP contribution in [0.5, 0.6) is 0 Å². The second-order valence-corrected chi connectivity index (χ2v) is 12.3. The molecule has 1 aromatic heterocycles. The van der Waals surface area contributed by atoms with Crippen LogP contribution in [0.15, 0.2) is 66.1 Å². The Morgan fingerprint density at radius 1 is 1.09 bits per heavy atom. The highest BCUT2D eigenvalue weighted by Crippen LogP contribution is 2.43. The van der Waals surface area contributed by atoms with Gasteiger partial charge in [0.15, 0.2) is 5.03 Å². The zero-order chi connectivity index (χ0) is 24.0. The van der Waals surface area contributed by atoms with E-state index in [-0.39, 0.29) is 11.1 Å². The maximum absolute atomic E-state index is 12.6. The lowest BCUT2D eigenvalue weighted by atomic mass is 9.71. The third kappa shape index (κ3) is 4.57. The van der Waals surface area contributed by atoms with E-state index in [4.69, 9.17) is 0 Å². The van der Waals surface area contributed by atoms with Crippen molar-refractivity contribution in [1.29, 1.82) is 0 Å². The second kappa shape index (κ2) is 9.19. The summed E-state index contributed by atoms with van der Waals surface area (Å²) in [5.74, 6) is 0.915. The fraction of sp³-hybridized carbons (Fsp3) is 0.464. The molecule has 3 aliphatic rings. The number of nitrogens with one attached hydrogen (secondary N) is 1. The SMILES string of the molecule is Cn1cnc(S(=O)(=O)NC2CC(c3ccc4c(c3)[C@@H](Cc3ccccc3)C(N3CCC3)CC4)C2)c1. The van der Waals surface area contributed by atoms with Gasteiger partial charge < -0.3 is 4.57 Å². The topological polar surface area (TPSA) is 67.2 Å². The van der Waals surface area contributed by atoms with Crippen LogP contribution in [0.25, 0.3) is 0 Å². The molecule has 0 amide bonds. The number of hydrogen-bond donors (Lipinski definition) is 1. The number of benzene rings is 2. The molecular weight excluding hydrogens is 456 g/mol. The average Bonchev–Trinajstić information content (AvgIpc) is 3.24. The molecule has 0 bridgehead atoms. The summed E-state index contributed by atoms with van der Waals surface area (Å²) >= 11 is 0. The molecule has 0 radical (unpaired) electrons. The van der Waals surface area contributed by atoms with Gasteiger partial charge in [0.05, 0.1) is 6.33 Å². The highest BCUT2D eigenvalue weighted by molar-refractivity contribution is 7.89. The number of aromatic nitrogens is 2. The quantitative estimate of drug-likeness (QED) is 0.544. The van der Waals surface area contributed by atoms with Crippen molar-refractivity contribution in [3.05, 3.63) is 83.3 Å². The molecule has 3 aromatic rings. The Balaban J connectivity index is 1.19. The van der Waals surface area contributed by atoms with E-state index in [1.807, 2.05) is 0 Å². The second-order valence-electron chi connectivity index (χ2n) is 10.6. The monoisotopic (exact) mass is 490 g/mol. The normalized spacial score (nSPS) is 26.5. The third-order valence-electron chi connectivity index (χ3n) is 8.29. The largest absolute Gasteiger partial charge is 0.339 e. The van der Waals surface area contributed by atoms with Crippen molar-refractivity contribution >= 4 is 10.0 Å². The van der Waals surface area contributed by atoms with Gasteiger partial charge in [-0.25, -0.2) is 18.1 Å². The molecule has 1 N–H and O–H groups in total. The van der Waals surface area contributed by atoms with Crippen molar-refractivity contribution in [2.45, 2.75) is 67.5 Å². The minimum Gasteiger partial charge on any atom is -0.339 e. The molecule has 6 nitrogen and oxygen atoms in total. The van der Waals surface area contributed by atoms with Crippen LogP contribution in [0.1, 0.15) is 59.8 Å². The predicted octanol–water partition coefficient (Wildman–Crippen LogP) is 3.99. The molecule has 2 atom stereocenters. The molecule has 0 spiro atoms. The van der Waals surface area contributed by atoms with E-state index in [9.17, 15) is 8.42 Å². The summed E-state index contributed by atoms with van der Waals surface area (Å²) < 4.78 is 29.8. The number of sulfonamides is 1. The van der Waals surface area contributed by atoms with Crippen LogP contribution in [0, 0.1) is 0 Å². The Morgan fingerprint density at radius 3 is 2.57 bits per heavy atom. The molecule has 184 valence electrons. The smallest absolute Gasteiger partial charge is 0.259 e. The molecular formula is C28H34N4O2S. The summed E-state index contributed by atoms with van der Waals surface area (Å²) in [6.07, 6.45) is 9.53. The van der Waals surface area contributed by atoms with Gasteiger partial charge in [-0.3, -0.25) is 4.90 Å². The van der Waals surface area contributed by atoms with Crippen molar-refractivity contribution in [2.24, 2.45) is 7.05 Å². The van der Waals surface area contributed by atoms with Crippen molar-refractivity contribution in [3.8, 4) is 0 Å². The van der Waals surface area contributed by atoms with Gasteiger partial charge in [0, 0.05) is 31.2 Å². The minimum atomic E-state index is -3.56. The first-order chi connectivity index (χ1) is 17.0. The summed E-state index contributed by atoms with van der Waals surface area (Å²) in [7, 11) is -1.79. The predicted molar refractivity (Wildman–Crippen MR) is 137 cm³/mol. The Labute approximate surface area is 208 Å². The highest BCUT2D eigenvalue weighted by atomic mass is 32.2. The van der Waals surface area contributed by atoms with E-state index >= 15 is 0 Å². The van der Waals surface area contributed by atoms with Gasteiger partial charge in [-0.15, -0.1) is 0 Å². The van der Waals surface area contributed by atoms with E-state index in [1.54, 1.807) is 17.8 Å². The molecule has 6 rings (SSSR count). The van der Waals surface area contributed by atoms with Gasteiger partial charge >= 0.3 is 0 Å². The molecule has 2 aromatic carbocycles. The van der Waals surface area contributed by atoms with Crippen LogP contribution in [-0.2, 0) is 29.9 Å². The number of rotatable bonds is 7. The van der Waals surface area contributed by atoms with Gasteiger partial charge in [0.25, 0.3) is 10.0 Å². The van der Waals surface area contributed by atoms with E-state index in [2.05, 4.69) is 63.1 Å². The average molecular weight is 491 g/mol. The minimum absolute atomic E-state index is 0.0306. The first-order valence-electron chi connectivity index (χ1n) is 12.9. The highest BCUT2D eigenvalue weighted by Gasteiger charge is 2.38. The van der Waals surface area contributed by atoms with E-state index in [1.165, 1.54) is 54.5 Å². The Morgan fingerprint density at radius 2 is 1.89 bits per heavy atom. The summed E-state index contributed by atoms with van der Waals surface area (Å²) in [4.78, 5) is 6.70. The number of imidazole rings is 1. The maximum atomic E-state index is 12.6. The van der Waals surface area contributed by atoms with Crippen LogP contribution in [0.3, 0.4) is 0 Å². The number of nitrogens with zero attached hydrogens (tertiary/aromatic N) is 3. The third-order valence-corrected chi connectivity index (χ3v) is 9.69. The van der Waals surface area contributed by atoms with Crippen LogP contribution in [-0.4, -0.2) is 48.0 Å². The van der Waals surface area contributed by atoms with Gasteiger partial charge in [0.2, 0.25) is 0 Å². The Bertz CT molecular complexity index is 1290. The number of fused-ring (bicyclic) bond motifs is 1. The summed E-state index contributed by atoms with van der Waals surface area (Å²) in [6.45, 7) is 2.46. The molecule has 35 heavy (non-hydrogen) atoms. The summed E-state index contributed by atoms with van der Waals surface area (Å²) in [5, 5.41) is 0.0954.